The van der Waals surface area contributed by atoms with Gasteiger partial charge in [-0.25, -0.2) is 14.6 Å². The summed E-state index contributed by atoms with van der Waals surface area (Å²) in [6.07, 6.45) is 0.898. The van der Waals surface area contributed by atoms with Gasteiger partial charge in [0.1, 0.15) is 5.01 Å². The Balaban J connectivity index is 2.37. The van der Waals surface area contributed by atoms with Crippen LogP contribution in [0.4, 0.5) is 0 Å². The predicted octanol–water partition coefficient (Wildman–Crippen LogP) is 1.90. The monoisotopic (exact) mass is 265 g/mol. The van der Waals surface area contributed by atoms with Gasteiger partial charge in [0.05, 0.1) is 10.6 Å². The number of nitrogens with zero attached hydrogens (tertiary/aromatic N) is 4. The minimum absolute atomic E-state index is 0.474. The smallest absolute Gasteiger partial charge is 0.170 e. The molecule has 2 aromatic rings. The van der Waals surface area contributed by atoms with Gasteiger partial charge in [-0.15, -0.1) is 11.3 Å². The van der Waals surface area contributed by atoms with E-state index < -0.39 is 0 Å². The van der Waals surface area contributed by atoms with Crippen LogP contribution in [0.3, 0.4) is 0 Å². The zero-order valence-electron chi connectivity index (χ0n) is 11.3. The lowest BCUT2D eigenvalue weighted by atomic mass is 10.1. The number of aryl methyl sites for hydroxylation is 2. The minimum atomic E-state index is 0.474. The van der Waals surface area contributed by atoms with Crippen LogP contribution in [-0.2, 0) is 20.0 Å². The van der Waals surface area contributed by atoms with Gasteiger partial charge in [-0.1, -0.05) is 13.8 Å². The Morgan fingerprint density at radius 1 is 1.33 bits per heavy atom. The normalized spacial score (nSPS) is 11.4. The van der Waals surface area contributed by atoms with Crippen LogP contribution in [0.1, 0.15) is 30.4 Å². The lowest BCUT2D eigenvalue weighted by Gasteiger charge is -1.96. The fourth-order valence-corrected chi connectivity index (χ4v) is 2.80. The predicted molar refractivity (Wildman–Crippen MR) is 73.3 cm³/mol. The van der Waals surface area contributed by atoms with Crippen LogP contribution in [0.5, 0.6) is 0 Å². The Kier molecular flexibility index (Phi) is 3.77. The molecule has 18 heavy (non-hydrogen) atoms. The highest BCUT2D eigenvalue weighted by Crippen LogP contribution is 2.28. The third kappa shape index (κ3) is 2.59. The van der Waals surface area contributed by atoms with E-state index in [4.69, 9.17) is 5.73 Å². The van der Waals surface area contributed by atoms with E-state index >= 15 is 0 Å². The highest BCUT2D eigenvalue weighted by atomic mass is 32.1. The average Bonchev–Trinajstić information content (AvgIpc) is 2.81. The minimum Gasteiger partial charge on any atom is -0.325 e. The molecule has 2 aromatic heterocycles. The summed E-state index contributed by atoms with van der Waals surface area (Å²) in [6, 6.07) is 0. The van der Waals surface area contributed by atoms with Gasteiger partial charge in [0.15, 0.2) is 11.6 Å². The first-order chi connectivity index (χ1) is 8.51. The average molecular weight is 265 g/mol. The summed E-state index contributed by atoms with van der Waals surface area (Å²) < 4.78 is 1.83. The molecule has 2 N–H and O–H groups in total. The Labute approximate surface area is 111 Å². The summed E-state index contributed by atoms with van der Waals surface area (Å²) in [4.78, 5) is 10.1. The maximum Gasteiger partial charge on any atom is 0.170 e. The number of thiazole rings is 1. The Bertz CT molecular complexity index is 541. The van der Waals surface area contributed by atoms with Crippen LogP contribution in [-0.4, -0.2) is 19.7 Å². The molecule has 0 atom stereocenters. The number of hydrogen-bond donors (Lipinski definition) is 1. The van der Waals surface area contributed by atoms with Crippen molar-refractivity contribution in [2.45, 2.75) is 33.7 Å². The molecule has 0 saturated heterocycles. The number of rotatable bonds is 4. The summed E-state index contributed by atoms with van der Waals surface area (Å²) in [6.45, 7) is 6.80. The first-order valence-electron chi connectivity index (χ1n) is 6.08. The van der Waals surface area contributed by atoms with Crippen molar-refractivity contribution in [3.63, 3.8) is 0 Å². The molecule has 5 nitrogen and oxygen atoms in total. The quantitative estimate of drug-likeness (QED) is 0.916. The van der Waals surface area contributed by atoms with Gasteiger partial charge < -0.3 is 5.73 Å². The van der Waals surface area contributed by atoms with Crippen molar-refractivity contribution in [3.05, 3.63) is 16.5 Å². The molecule has 0 aromatic carbocycles. The van der Waals surface area contributed by atoms with Gasteiger partial charge in [-0.05, 0) is 12.8 Å². The topological polar surface area (TPSA) is 69.6 Å². The number of nitrogens with two attached hydrogens (primary N) is 1. The summed E-state index contributed by atoms with van der Waals surface area (Å²) in [5.74, 6) is 2.34. The molecular formula is C12H19N5S. The van der Waals surface area contributed by atoms with Crippen LogP contribution < -0.4 is 5.73 Å². The van der Waals surface area contributed by atoms with E-state index in [1.807, 2.05) is 18.7 Å². The van der Waals surface area contributed by atoms with Gasteiger partial charge in [0.2, 0.25) is 0 Å². The molecule has 0 aliphatic rings. The van der Waals surface area contributed by atoms with Crippen molar-refractivity contribution >= 4 is 11.3 Å². The van der Waals surface area contributed by atoms with E-state index in [9.17, 15) is 0 Å². The lowest BCUT2D eigenvalue weighted by molar-refractivity contribution is 0.613. The van der Waals surface area contributed by atoms with Gasteiger partial charge in [0, 0.05) is 20.0 Å². The van der Waals surface area contributed by atoms with E-state index in [1.165, 1.54) is 0 Å². The Hall–Kier alpha value is -1.27. The molecule has 2 heterocycles. The molecule has 0 amide bonds. The fourth-order valence-electron chi connectivity index (χ4n) is 1.83. The molecule has 0 unspecified atom stereocenters. The maximum absolute atomic E-state index is 5.62. The van der Waals surface area contributed by atoms with E-state index in [2.05, 4.69) is 28.9 Å². The maximum atomic E-state index is 5.62. The van der Waals surface area contributed by atoms with Gasteiger partial charge >= 0.3 is 0 Å². The van der Waals surface area contributed by atoms with Crippen molar-refractivity contribution in [1.82, 2.24) is 19.7 Å². The van der Waals surface area contributed by atoms with Crippen molar-refractivity contribution in [2.75, 3.05) is 0 Å². The zero-order valence-corrected chi connectivity index (χ0v) is 12.1. The molecule has 2 rings (SSSR count). The van der Waals surface area contributed by atoms with Crippen molar-refractivity contribution in [1.29, 1.82) is 0 Å². The molecule has 0 aliphatic heterocycles. The van der Waals surface area contributed by atoms with E-state index in [0.29, 0.717) is 12.5 Å². The van der Waals surface area contributed by atoms with E-state index in [-0.39, 0.29) is 0 Å². The van der Waals surface area contributed by atoms with Gasteiger partial charge in [-0.3, -0.25) is 0 Å². The van der Waals surface area contributed by atoms with Crippen molar-refractivity contribution in [3.8, 4) is 10.7 Å². The second kappa shape index (κ2) is 5.16. The van der Waals surface area contributed by atoms with E-state index in [0.717, 1.165) is 33.6 Å². The first-order valence-corrected chi connectivity index (χ1v) is 6.89. The largest absolute Gasteiger partial charge is 0.325 e. The summed E-state index contributed by atoms with van der Waals surface area (Å²) >= 11 is 1.60. The van der Waals surface area contributed by atoms with Gasteiger partial charge in [0.25, 0.3) is 0 Å². The standard InChI is InChI=1S/C12H19N5S/c1-7(2)5-9-15-12(17(4)16-9)11-8(3)14-10(6-13)18-11/h7H,5-6,13H2,1-4H3. The third-order valence-corrected chi connectivity index (χ3v) is 3.79. The van der Waals surface area contributed by atoms with Gasteiger partial charge in [-0.2, -0.15) is 5.10 Å². The summed E-state index contributed by atoms with van der Waals surface area (Å²) in [5, 5.41) is 5.40. The Morgan fingerprint density at radius 3 is 2.61 bits per heavy atom. The zero-order chi connectivity index (χ0) is 13.3. The molecule has 0 saturated carbocycles. The summed E-state index contributed by atoms with van der Waals surface area (Å²) in [7, 11) is 1.92. The van der Waals surface area contributed by atoms with Crippen molar-refractivity contribution < 1.29 is 0 Å². The second-order valence-corrected chi connectivity index (χ2v) is 5.88. The summed E-state index contributed by atoms with van der Waals surface area (Å²) in [5.41, 5.74) is 6.60. The third-order valence-electron chi connectivity index (χ3n) is 2.62. The molecule has 0 spiro atoms. The molecule has 0 radical (unpaired) electrons. The molecule has 0 bridgehead atoms. The lowest BCUT2D eigenvalue weighted by Crippen LogP contribution is -1.97. The highest BCUT2D eigenvalue weighted by molar-refractivity contribution is 7.15. The SMILES string of the molecule is Cc1nc(CN)sc1-c1nc(CC(C)C)nn1C. The first kappa shape index (κ1) is 13.2. The number of hydrogen-bond acceptors (Lipinski definition) is 5. The van der Waals surface area contributed by atoms with Crippen LogP contribution in [0.2, 0.25) is 0 Å². The molecule has 0 aliphatic carbocycles. The van der Waals surface area contributed by atoms with Crippen LogP contribution in [0.15, 0.2) is 0 Å². The highest BCUT2D eigenvalue weighted by Gasteiger charge is 2.16. The molecule has 6 heteroatoms. The van der Waals surface area contributed by atoms with Crippen molar-refractivity contribution in [2.24, 2.45) is 18.7 Å². The fraction of sp³-hybridized carbons (Fsp3) is 0.583. The van der Waals surface area contributed by atoms with E-state index in [1.54, 1.807) is 11.3 Å². The molecule has 0 fully saturated rings. The number of aromatic nitrogens is 4. The second-order valence-electron chi connectivity index (χ2n) is 4.80. The molecular weight excluding hydrogens is 246 g/mol. The Morgan fingerprint density at radius 2 is 2.06 bits per heavy atom. The van der Waals surface area contributed by atoms with Crippen LogP contribution in [0, 0.1) is 12.8 Å². The van der Waals surface area contributed by atoms with Crippen LogP contribution in [0.25, 0.3) is 10.7 Å². The van der Waals surface area contributed by atoms with Crippen LogP contribution >= 0.6 is 11.3 Å². The molecule has 98 valence electrons.